The third-order valence-electron chi connectivity index (χ3n) is 3.67. The topological polar surface area (TPSA) is 62.1 Å². The smallest absolute Gasteiger partial charge is 0.171 e. The molecule has 0 amide bonds. The van der Waals surface area contributed by atoms with Crippen molar-refractivity contribution in [2.24, 2.45) is 0 Å². The Bertz CT molecular complexity index is 878. The number of phenolic OH excluding ortho intramolecular Hbond substituents is 1. The second-order valence-corrected chi connectivity index (χ2v) is 6.22. The zero-order valence-corrected chi connectivity index (χ0v) is 15.1. The maximum absolute atomic E-state index is 9.30. The number of anilines is 1. The molecular weight excluding hydrogens is 356 g/mol. The van der Waals surface area contributed by atoms with Gasteiger partial charge in [0, 0.05) is 17.8 Å². The first-order valence-electron chi connectivity index (χ1n) is 7.68. The van der Waals surface area contributed by atoms with Crippen molar-refractivity contribution in [2.75, 3.05) is 5.32 Å². The minimum absolute atomic E-state index is 0.208. The Balaban J connectivity index is 1.68. The Kier molecular flexibility index (Phi) is 5.21. The van der Waals surface area contributed by atoms with Crippen molar-refractivity contribution in [1.82, 2.24) is 15.1 Å². The maximum atomic E-state index is 9.30. The van der Waals surface area contributed by atoms with E-state index in [1.165, 1.54) is 0 Å². The SMILES string of the molecule is Cc1nn(-c2ccccc2)c(Cl)c1CNC(=S)Nc1ccc(O)cc1. The van der Waals surface area contributed by atoms with Crippen LogP contribution in [0.5, 0.6) is 5.75 Å². The molecule has 3 rings (SSSR count). The van der Waals surface area contributed by atoms with Gasteiger partial charge in [0.25, 0.3) is 0 Å². The van der Waals surface area contributed by atoms with Gasteiger partial charge in [0.05, 0.1) is 11.4 Å². The number of thiocarbonyl (C=S) groups is 1. The van der Waals surface area contributed by atoms with Crippen molar-refractivity contribution in [3.63, 3.8) is 0 Å². The van der Waals surface area contributed by atoms with Crippen LogP contribution in [0.25, 0.3) is 5.69 Å². The number of benzene rings is 2. The number of hydrogen-bond donors (Lipinski definition) is 3. The molecule has 0 fully saturated rings. The van der Waals surface area contributed by atoms with E-state index in [4.69, 9.17) is 23.8 Å². The number of nitrogens with zero attached hydrogens (tertiary/aromatic N) is 2. The first kappa shape index (κ1) is 17.3. The Morgan fingerprint density at radius 2 is 1.84 bits per heavy atom. The van der Waals surface area contributed by atoms with E-state index < -0.39 is 0 Å². The summed E-state index contributed by atoms with van der Waals surface area (Å²) < 4.78 is 1.71. The van der Waals surface area contributed by atoms with Crippen molar-refractivity contribution in [3.05, 3.63) is 71.0 Å². The van der Waals surface area contributed by atoms with Crippen LogP contribution in [-0.4, -0.2) is 20.0 Å². The largest absolute Gasteiger partial charge is 0.508 e. The zero-order chi connectivity index (χ0) is 17.8. The first-order valence-corrected chi connectivity index (χ1v) is 8.46. The van der Waals surface area contributed by atoms with Gasteiger partial charge < -0.3 is 15.7 Å². The fourth-order valence-electron chi connectivity index (χ4n) is 2.36. The van der Waals surface area contributed by atoms with E-state index in [-0.39, 0.29) is 5.75 Å². The lowest BCUT2D eigenvalue weighted by Gasteiger charge is -2.10. The monoisotopic (exact) mass is 372 g/mol. The fraction of sp³-hybridized carbons (Fsp3) is 0.111. The predicted octanol–water partition coefficient (Wildman–Crippen LogP) is 4.03. The predicted molar refractivity (Wildman–Crippen MR) is 104 cm³/mol. The van der Waals surface area contributed by atoms with E-state index in [9.17, 15) is 5.11 Å². The summed E-state index contributed by atoms with van der Waals surface area (Å²) in [6.45, 7) is 2.38. The molecule has 0 spiro atoms. The highest BCUT2D eigenvalue weighted by molar-refractivity contribution is 7.80. The summed E-state index contributed by atoms with van der Waals surface area (Å²) in [7, 11) is 0. The standard InChI is InChI=1S/C18H17ClN4OS/c1-12-16(17(19)23(22-12)14-5-3-2-4-6-14)11-20-18(25)21-13-7-9-15(24)10-8-13/h2-10,24H,11H2,1H3,(H2,20,21,25). The lowest BCUT2D eigenvalue weighted by atomic mass is 10.2. The highest BCUT2D eigenvalue weighted by Gasteiger charge is 2.14. The summed E-state index contributed by atoms with van der Waals surface area (Å²) in [5.41, 5.74) is 3.43. The molecule has 5 nitrogen and oxygen atoms in total. The maximum Gasteiger partial charge on any atom is 0.171 e. The van der Waals surface area contributed by atoms with Gasteiger partial charge >= 0.3 is 0 Å². The molecule has 1 heterocycles. The van der Waals surface area contributed by atoms with Crippen LogP contribution in [0.1, 0.15) is 11.3 Å². The average molecular weight is 373 g/mol. The van der Waals surface area contributed by atoms with Crippen molar-refractivity contribution < 1.29 is 5.11 Å². The fourth-order valence-corrected chi connectivity index (χ4v) is 2.89. The van der Waals surface area contributed by atoms with Crippen molar-refractivity contribution in [3.8, 4) is 11.4 Å². The molecule has 3 aromatic rings. The number of aromatic hydroxyl groups is 1. The molecule has 0 saturated heterocycles. The lowest BCUT2D eigenvalue weighted by Crippen LogP contribution is -2.28. The summed E-state index contributed by atoms with van der Waals surface area (Å²) in [6, 6.07) is 16.4. The van der Waals surface area contributed by atoms with Crippen LogP contribution in [0.2, 0.25) is 5.15 Å². The molecule has 2 aromatic carbocycles. The first-order chi connectivity index (χ1) is 12.0. The summed E-state index contributed by atoms with van der Waals surface area (Å²) in [4.78, 5) is 0. The molecule has 128 valence electrons. The van der Waals surface area contributed by atoms with Gasteiger partial charge in [-0.25, -0.2) is 4.68 Å². The number of aromatic nitrogens is 2. The molecular formula is C18H17ClN4OS. The van der Waals surface area contributed by atoms with E-state index in [1.807, 2.05) is 37.3 Å². The molecule has 0 aliphatic carbocycles. The van der Waals surface area contributed by atoms with Crippen molar-refractivity contribution in [1.29, 1.82) is 0 Å². The number of halogens is 1. The molecule has 0 aliphatic heterocycles. The number of hydrogen-bond acceptors (Lipinski definition) is 3. The van der Waals surface area contributed by atoms with Crippen LogP contribution >= 0.6 is 23.8 Å². The molecule has 0 aliphatic rings. The Morgan fingerprint density at radius 3 is 2.52 bits per heavy atom. The molecule has 0 radical (unpaired) electrons. The van der Waals surface area contributed by atoms with Crippen LogP contribution in [-0.2, 0) is 6.54 Å². The normalized spacial score (nSPS) is 10.5. The van der Waals surface area contributed by atoms with E-state index in [2.05, 4.69) is 15.7 Å². The van der Waals surface area contributed by atoms with Gasteiger partial charge in [0.1, 0.15) is 10.9 Å². The number of nitrogens with one attached hydrogen (secondary N) is 2. The van der Waals surface area contributed by atoms with Gasteiger partial charge in [-0.1, -0.05) is 29.8 Å². The molecule has 25 heavy (non-hydrogen) atoms. The Morgan fingerprint density at radius 1 is 1.16 bits per heavy atom. The Labute approximate surface area is 156 Å². The van der Waals surface area contributed by atoms with Gasteiger partial charge in [-0.15, -0.1) is 0 Å². The average Bonchev–Trinajstić information content (AvgIpc) is 2.90. The summed E-state index contributed by atoms with van der Waals surface area (Å²) >= 11 is 11.8. The molecule has 0 bridgehead atoms. The van der Waals surface area contributed by atoms with Gasteiger partial charge in [-0.2, -0.15) is 5.10 Å². The minimum Gasteiger partial charge on any atom is -0.508 e. The number of phenols is 1. The second kappa shape index (κ2) is 7.55. The molecule has 7 heteroatoms. The van der Waals surface area contributed by atoms with E-state index in [0.29, 0.717) is 16.8 Å². The summed E-state index contributed by atoms with van der Waals surface area (Å²) in [5.74, 6) is 0.208. The van der Waals surface area contributed by atoms with E-state index >= 15 is 0 Å². The van der Waals surface area contributed by atoms with E-state index in [1.54, 1.807) is 28.9 Å². The lowest BCUT2D eigenvalue weighted by molar-refractivity contribution is 0.475. The minimum atomic E-state index is 0.208. The van der Waals surface area contributed by atoms with E-state index in [0.717, 1.165) is 22.6 Å². The highest BCUT2D eigenvalue weighted by atomic mass is 35.5. The molecule has 0 saturated carbocycles. The van der Waals surface area contributed by atoms with Gasteiger partial charge in [0.2, 0.25) is 0 Å². The number of para-hydroxylation sites is 1. The summed E-state index contributed by atoms with van der Waals surface area (Å²) in [6.07, 6.45) is 0. The quantitative estimate of drug-likeness (QED) is 0.477. The third kappa shape index (κ3) is 4.10. The number of aryl methyl sites for hydroxylation is 1. The molecule has 3 N–H and O–H groups in total. The molecule has 0 unspecified atom stereocenters. The molecule has 1 aromatic heterocycles. The van der Waals surface area contributed by atoms with Crippen LogP contribution < -0.4 is 10.6 Å². The third-order valence-corrected chi connectivity index (χ3v) is 4.31. The zero-order valence-electron chi connectivity index (χ0n) is 13.5. The second-order valence-electron chi connectivity index (χ2n) is 5.46. The van der Waals surface area contributed by atoms with Crippen LogP contribution in [0.3, 0.4) is 0 Å². The summed E-state index contributed by atoms with van der Waals surface area (Å²) in [5, 5.41) is 21.0. The van der Waals surface area contributed by atoms with Gasteiger partial charge in [0.15, 0.2) is 5.11 Å². The van der Waals surface area contributed by atoms with Gasteiger partial charge in [-0.05, 0) is 55.5 Å². The van der Waals surface area contributed by atoms with Crippen molar-refractivity contribution >= 4 is 34.6 Å². The number of rotatable bonds is 4. The molecule has 0 atom stereocenters. The van der Waals surface area contributed by atoms with Crippen LogP contribution in [0.15, 0.2) is 54.6 Å². The highest BCUT2D eigenvalue weighted by Crippen LogP contribution is 2.23. The van der Waals surface area contributed by atoms with Crippen molar-refractivity contribution in [2.45, 2.75) is 13.5 Å². The Hall–Kier alpha value is -2.57. The van der Waals surface area contributed by atoms with Crippen LogP contribution in [0.4, 0.5) is 5.69 Å². The van der Waals surface area contributed by atoms with Crippen LogP contribution in [0, 0.1) is 6.92 Å². The van der Waals surface area contributed by atoms with Gasteiger partial charge in [-0.3, -0.25) is 0 Å².